The summed E-state index contributed by atoms with van der Waals surface area (Å²) in [6.07, 6.45) is -2.70. The van der Waals surface area contributed by atoms with Gasteiger partial charge in [-0.2, -0.15) is 13.2 Å². The molecule has 1 heterocycles. The number of hydrogen-bond donors (Lipinski definition) is 3. The average molecular weight is 605 g/mol. The Hall–Kier alpha value is -3.70. The van der Waals surface area contributed by atoms with E-state index in [1.54, 1.807) is 0 Å². The number of alkyl halides is 3. The normalized spacial score (nSPS) is 12.0. The Kier molecular flexibility index (Phi) is 11.5. The summed E-state index contributed by atoms with van der Waals surface area (Å²) in [7, 11) is 9.15. The van der Waals surface area contributed by atoms with Crippen molar-refractivity contribution in [3.8, 4) is 11.5 Å². The summed E-state index contributed by atoms with van der Waals surface area (Å²) in [4.78, 5) is 15.4. The van der Waals surface area contributed by atoms with Gasteiger partial charge in [0.2, 0.25) is 5.36 Å². The number of halogens is 3. The molecule has 43 heavy (non-hydrogen) atoms. The van der Waals surface area contributed by atoms with Crippen LogP contribution in [0.15, 0.2) is 52.9 Å². The van der Waals surface area contributed by atoms with Gasteiger partial charge < -0.3 is 24.2 Å². The largest absolute Gasteiger partial charge is 0.490 e. The molecular formula is C32H45F3N5O3+3. The number of nitrogens with zero attached hydrogens (tertiary/aromatic N) is 3. The van der Waals surface area contributed by atoms with Gasteiger partial charge in [0.15, 0.2) is 11.3 Å². The maximum atomic E-state index is 10.6. The highest BCUT2D eigenvalue weighted by atomic mass is 19.4. The van der Waals surface area contributed by atoms with E-state index in [2.05, 4.69) is 100 Å². The van der Waals surface area contributed by atoms with E-state index in [-0.39, 0.29) is 0 Å². The Morgan fingerprint density at radius 1 is 1.02 bits per heavy atom. The van der Waals surface area contributed by atoms with E-state index in [1.807, 2.05) is 0 Å². The van der Waals surface area contributed by atoms with Gasteiger partial charge in [0.05, 0.1) is 53.9 Å². The average Bonchev–Trinajstić information content (AvgIpc) is 2.94. The summed E-state index contributed by atoms with van der Waals surface area (Å²) in [6, 6.07) is 17.0. The first-order valence-corrected chi connectivity index (χ1v) is 14.7. The van der Waals surface area contributed by atoms with E-state index in [9.17, 15) is 13.2 Å². The molecule has 1 aliphatic heterocycles. The molecular weight excluding hydrogens is 559 g/mol. The van der Waals surface area contributed by atoms with E-state index in [0.717, 1.165) is 70.7 Å². The third-order valence-corrected chi connectivity index (χ3v) is 7.44. The standard InChI is InChI=1S/C30H42N5O.C2HF3O2/c1-7-34(8-2)23-15-16-26-28(21-23)36-29-22-27(24-13-9-10-14-25(24)30(29)32-26)31-17-11-19-35(5,6)20-12-18-33(3)4;3-2(4,5)1(6)7/h9-10,13-16,21-22H,7-8,11-12,17-20H2,1-6H3;(H,6,7)/q+1;/p+2. The van der Waals surface area contributed by atoms with Crippen molar-refractivity contribution in [2.45, 2.75) is 32.9 Å². The van der Waals surface area contributed by atoms with E-state index < -0.39 is 12.1 Å². The van der Waals surface area contributed by atoms with Gasteiger partial charge in [0.1, 0.15) is 24.3 Å². The molecule has 0 fully saturated rings. The number of anilines is 1. The maximum absolute atomic E-state index is 10.6. The van der Waals surface area contributed by atoms with Crippen LogP contribution in [0.3, 0.4) is 0 Å². The van der Waals surface area contributed by atoms with Crippen LogP contribution in [0.1, 0.15) is 26.7 Å². The zero-order valence-corrected chi connectivity index (χ0v) is 26.0. The van der Waals surface area contributed by atoms with E-state index in [4.69, 9.17) is 19.3 Å². The Morgan fingerprint density at radius 3 is 2.26 bits per heavy atom. The van der Waals surface area contributed by atoms with Crippen molar-refractivity contribution in [2.24, 2.45) is 0 Å². The molecule has 0 radical (unpaired) electrons. The number of aliphatic carboxylic acids is 1. The van der Waals surface area contributed by atoms with Gasteiger partial charge in [-0.05, 0) is 19.9 Å². The van der Waals surface area contributed by atoms with Crippen molar-refractivity contribution in [3.63, 3.8) is 0 Å². The minimum atomic E-state index is -5.08. The number of carboxylic acid groups (broad SMARTS) is 1. The minimum absolute atomic E-state index is 0.822. The zero-order valence-electron chi connectivity index (χ0n) is 26.0. The topological polar surface area (TPSA) is 82.8 Å². The fourth-order valence-corrected chi connectivity index (χ4v) is 5.08. The van der Waals surface area contributed by atoms with Gasteiger partial charge in [-0.15, -0.1) is 0 Å². The Bertz CT molecular complexity index is 1560. The van der Waals surface area contributed by atoms with Crippen molar-refractivity contribution < 1.29 is 36.9 Å². The predicted octanol–water partition coefficient (Wildman–Crippen LogP) is 3.94. The summed E-state index contributed by atoms with van der Waals surface area (Å²) in [5, 5.41) is 14.3. The molecule has 0 amide bonds. The lowest BCUT2D eigenvalue weighted by molar-refractivity contribution is -0.899. The molecule has 2 aliphatic rings. The molecule has 3 N–H and O–H groups in total. The number of carboxylic acids is 1. The van der Waals surface area contributed by atoms with E-state index in [1.165, 1.54) is 35.2 Å². The van der Waals surface area contributed by atoms with Gasteiger partial charge in [-0.25, -0.2) is 14.4 Å². The fraction of sp³-hybridized carbons (Fsp3) is 0.469. The molecule has 11 heteroatoms. The monoisotopic (exact) mass is 604 g/mol. The van der Waals surface area contributed by atoms with Crippen LogP contribution in [-0.4, -0.2) is 94.2 Å². The molecule has 2 aromatic carbocycles. The third kappa shape index (κ3) is 9.39. The van der Waals surface area contributed by atoms with Crippen LogP contribution in [0.4, 0.5) is 18.9 Å². The summed E-state index contributed by atoms with van der Waals surface area (Å²) in [5.41, 5.74) is 3.74. The molecule has 1 aliphatic carbocycles. The van der Waals surface area contributed by atoms with Crippen LogP contribution >= 0.6 is 0 Å². The Labute approximate surface area is 251 Å². The maximum Gasteiger partial charge on any atom is 0.490 e. The zero-order chi connectivity index (χ0) is 31.8. The molecule has 4 rings (SSSR count). The highest BCUT2D eigenvalue weighted by molar-refractivity contribution is 6.10. The second-order valence-electron chi connectivity index (χ2n) is 11.6. The second kappa shape index (κ2) is 14.7. The van der Waals surface area contributed by atoms with Crippen LogP contribution in [0, 0.1) is 0 Å². The smallest absolute Gasteiger partial charge is 0.475 e. The van der Waals surface area contributed by atoms with Crippen LogP contribution < -0.4 is 20.1 Å². The summed E-state index contributed by atoms with van der Waals surface area (Å²) in [6.45, 7) is 10.8. The highest BCUT2D eigenvalue weighted by Crippen LogP contribution is 2.34. The second-order valence-corrected chi connectivity index (χ2v) is 11.6. The molecule has 0 unspecified atom stereocenters. The fourth-order valence-electron chi connectivity index (χ4n) is 5.08. The molecule has 0 atom stereocenters. The van der Waals surface area contributed by atoms with Crippen LogP contribution in [-0.2, 0) is 4.79 Å². The molecule has 0 spiro atoms. The van der Waals surface area contributed by atoms with Crippen LogP contribution in [0.5, 0.6) is 0 Å². The number of rotatable bonds is 11. The lowest BCUT2D eigenvalue weighted by Gasteiger charge is -2.30. The first-order valence-electron chi connectivity index (χ1n) is 14.7. The molecule has 234 valence electrons. The molecule has 0 bridgehead atoms. The number of quaternary nitrogens is 2. The van der Waals surface area contributed by atoms with E-state index in [0.29, 0.717) is 0 Å². The van der Waals surface area contributed by atoms with Gasteiger partial charge in [-0.1, -0.05) is 24.3 Å². The van der Waals surface area contributed by atoms with Gasteiger partial charge in [0.25, 0.3) is 0 Å². The summed E-state index contributed by atoms with van der Waals surface area (Å²) in [5.74, 6) is -1.93. The Morgan fingerprint density at radius 2 is 1.65 bits per heavy atom. The minimum Gasteiger partial charge on any atom is -0.475 e. The quantitative estimate of drug-likeness (QED) is 0.0795. The van der Waals surface area contributed by atoms with Crippen molar-refractivity contribution in [1.82, 2.24) is 9.56 Å². The van der Waals surface area contributed by atoms with Gasteiger partial charge >= 0.3 is 12.1 Å². The summed E-state index contributed by atoms with van der Waals surface area (Å²) < 4.78 is 41.6. The van der Waals surface area contributed by atoms with Crippen molar-refractivity contribution in [2.75, 3.05) is 72.8 Å². The lowest BCUT2D eigenvalue weighted by Crippen LogP contribution is -3.05. The molecule has 2 aromatic rings. The SMILES string of the molecule is CC[N+](CC)=c1ccc2nc3c(cc(NCCC[N+](C)(C)CCC[NH+](C)C)c4ccccc43)oc-2c1.O=C(O)C(F)(F)F. The third-order valence-electron chi connectivity index (χ3n) is 7.44. The number of benzene rings is 3. The first kappa shape index (κ1) is 33.8. The number of nitrogens with one attached hydrogen (secondary N) is 2. The van der Waals surface area contributed by atoms with Crippen molar-refractivity contribution in [3.05, 3.63) is 53.9 Å². The molecule has 0 saturated carbocycles. The van der Waals surface area contributed by atoms with Crippen molar-refractivity contribution in [1.29, 1.82) is 0 Å². The van der Waals surface area contributed by atoms with Gasteiger partial charge in [0, 0.05) is 48.0 Å². The van der Waals surface area contributed by atoms with Crippen molar-refractivity contribution >= 4 is 33.5 Å². The number of hydrogen-bond acceptors (Lipinski definition) is 4. The number of fused-ring (bicyclic) bond motifs is 4. The summed E-state index contributed by atoms with van der Waals surface area (Å²) >= 11 is 0. The lowest BCUT2D eigenvalue weighted by atomic mass is 10.1. The number of aromatic nitrogens is 1. The van der Waals surface area contributed by atoms with E-state index >= 15 is 0 Å². The molecule has 0 saturated heterocycles. The van der Waals surface area contributed by atoms with Gasteiger partial charge in [-0.3, -0.25) is 0 Å². The molecule has 0 aromatic heterocycles. The van der Waals surface area contributed by atoms with Crippen LogP contribution in [0.25, 0.3) is 33.3 Å². The highest BCUT2D eigenvalue weighted by Gasteiger charge is 2.38. The van der Waals surface area contributed by atoms with Crippen LogP contribution in [0.2, 0.25) is 0 Å². The Balaban J connectivity index is 0.000000646. The number of carbonyl (C=O) groups is 1. The first-order chi connectivity index (χ1) is 20.3. The molecule has 8 nitrogen and oxygen atoms in total. The predicted molar refractivity (Wildman–Crippen MR) is 165 cm³/mol.